The number of hydrogen-bond acceptors (Lipinski definition) is 10. The predicted molar refractivity (Wildman–Crippen MR) is 348 cm³/mol. The molecule has 0 aliphatic rings. The molecule has 5 aromatic heterocycles. The summed E-state index contributed by atoms with van der Waals surface area (Å²) in [7, 11) is -2.52. The first-order valence-corrected chi connectivity index (χ1v) is 30.8. The number of nitrogens with zero attached hydrogens (tertiary/aromatic N) is 9. The molecule has 0 amide bonds. The normalized spacial score (nSPS) is 11.4. The second kappa shape index (κ2) is 22.9. The van der Waals surface area contributed by atoms with Crippen molar-refractivity contribution in [3.63, 3.8) is 0 Å². The average molecular weight is 1130 g/mol. The minimum atomic E-state index is -2.52. The van der Waals surface area contributed by atoms with Crippen molar-refractivity contribution in [1.82, 2.24) is 44.9 Å². The Morgan fingerprint density at radius 1 is 0.244 bits per heavy atom. The third kappa shape index (κ3) is 11.2. The average Bonchev–Trinajstić information content (AvgIpc) is 3.50. The number of para-hydroxylation sites is 1. The molecule has 0 unspecified atom stereocenters. The molecule has 14 rings (SSSR count). The van der Waals surface area contributed by atoms with Gasteiger partial charge in [0.2, 0.25) is 0 Å². The van der Waals surface area contributed by atoms with Gasteiger partial charge in [0.05, 0.1) is 5.52 Å². The zero-order valence-corrected chi connectivity index (χ0v) is 47.8. The van der Waals surface area contributed by atoms with E-state index in [0.29, 0.717) is 23.3 Å². The molecule has 0 saturated carbocycles. The number of fused-ring (bicyclic) bond motifs is 1. The maximum Gasteiger partial charge on any atom is 0.159 e. The molecule has 408 valence electrons. The lowest BCUT2D eigenvalue weighted by atomic mass is 9.95. The lowest BCUT2D eigenvalue weighted by molar-refractivity contribution is 0.588. The van der Waals surface area contributed by atoms with Gasteiger partial charge in [0.15, 0.2) is 23.3 Å². The van der Waals surface area contributed by atoms with E-state index in [1.807, 2.05) is 147 Å². The fourth-order valence-electron chi connectivity index (χ4n) is 10.8. The summed E-state index contributed by atoms with van der Waals surface area (Å²) in [5, 5.41) is 1.92. The molecule has 0 radical (unpaired) electrons. The van der Waals surface area contributed by atoms with E-state index in [2.05, 4.69) is 138 Å². The Bertz CT molecular complexity index is 4820. The lowest BCUT2D eigenvalue weighted by Gasteiger charge is -2.13. The van der Waals surface area contributed by atoms with Crippen LogP contribution in [0.5, 0.6) is 0 Å². The second-order valence-electron chi connectivity index (χ2n) is 21.5. The van der Waals surface area contributed by atoms with Crippen LogP contribution in [0.25, 0.3) is 145 Å². The van der Waals surface area contributed by atoms with Crippen molar-refractivity contribution in [2.24, 2.45) is 0 Å². The van der Waals surface area contributed by atoms with Crippen molar-refractivity contribution in [3.05, 3.63) is 280 Å². The van der Waals surface area contributed by atoms with Gasteiger partial charge in [-0.2, -0.15) is 0 Å². The molecule has 11 heteroatoms. The molecule has 5 heterocycles. The van der Waals surface area contributed by atoms with Gasteiger partial charge in [-0.3, -0.25) is 4.98 Å². The van der Waals surface area contributed by atoms with Gasteiger partial charge in [0.25, 0.3) is 0 Å². The van der Waals surface area contributed by atoms with Crippen LogP contribution >= 0.6 is 7.14 Å². The Labute approximate surface area is 498 Å². The van der Waals surface area contributed by atoms with Gasteiger partial charge in [0.1, 0.15) is 7.14 Å². The summed E-state index contributed by atoms with van der Waals surface area (Å²) in [6.45, 7) is 3.58. The van der Waals surface area contributed by atoms with Crippen LogP contribution in [0.4, 0.5) is 0 Å². The van der Waals surface area contributed by atoms with Gasteiger partial charge < -0.3 is 4.57 Å². The van der Waals surface area contributed by atoms with Crippen LogP contribution in [0, 0.1) is 0 Å². The summed E-state index contributed by atoms with van der Waals surface area (Å²) < 4.78 is 13.2. The SMILES string of the molecule is CP(C)(=O)c1cccc(-c2cc(-c3ncc(-c4ccccc4)cn3)cc(-c3ncc(-c4cccc(-c5cccc(-c6cnc(-c7cc(-c8ccc(-c9ccnc%10ccccc9%10)cc8)cc(-c8ncc(-c9ccccc9)cn8)c7)nc6)c5)c4)cn3)c2)c1. The number of rotatable bonds is 13. The quantitative estimate of drug-likeness (QED) is 0.103. The zero-order valence-electron chi connectivity index (χ0n) is 46.9. The van der Waals surface area contributed by atoms with Gasteiger partial charge in [0, 0.05) is 111 Å². The molecule has 14 aromatic rings. The number of hydrogen-bond donors (Lipinski definition) is 0. The predicted octanol–water partition coefficient (Wildman–Crippen LogP) is 17.6. The molecule has 0 bridgehead atoms. The first-order chi connectivity index (χ1) is 42.2. The van der Waals surface area contributed by atoms with Crippen molar-refractivity contribution in [2.75, 3.05) is 13.3 Å². The van der Waals surface area contributed by atoms with Crippen molar-refractivity contribution in [1.29, 1.82) is 0 Å². The van der Waals surface area contributed by atoms with Crippen molar-refractivity contribution >= 4 is 23.3 Å². The van der Waals surface area contributed by atoms with Gasteiger partial charge >= 0.3 is 0 Å². The summed E-state index contributed by atoms with van der Waals surface area (Å²) in [5.41, 5.74) is 20.2. The largest absolute Gasteiger partial charge is 0.319 e. The first-order valence-electron chi connectivity index (χ1n) is 28.2. The number of benzene rings is 9. The molecule has 86 heavy (non-hydrogen) atoms. The molecule has 0 aliphatic heterocycles. The highest BCUT2D eigenvalue weighted by Gasteiger charge is 2.18. The Morgan fingerprint density at radius 2 is 0.558 bits per heavy atom. The van der Waals surface area contributed by atoms with E-state index in [4.69, 9.17) is 39.9 Å². The highest BCUT2D eigenvalue weighted by atomic mass is 31.2. The molecular weight excluding hydrogens is 1070 g/mol. The van der Waals surface area contributed by atoms with Crippen LogP contribution in [0.3, 0.4) is 0 Å². The summed E-state index contributed by atoms with van der Waals surface area (Å²) in [5.74, 6) is 2.32. The van der Waals surface area contributed by atoms with Crippen LogP contribution in [0.2, 0.25) is 0 Å². The standard InChI is InChI=1S/C75H52N9OP/c1-86(2,85)68-23-13-22-57(40-68)59-36-62(74-79-43-65(44-80-74)50-16-7-4-8-17-50)39-63(37-59)75-83-47-67(48-84-75)56-21-12-19-54(33-56)53-18-11-20-55(32-53)66-45-81-73(82-46-66)61-35-58(34-60(38-61)72-77-41-64(42-78-72)49-14-5-3-6-15-49)51-26-28-52(29-27-51)69-30-31-76-71-25-10-9-24-70(69)71/h3-48H,1-2H3. The summed E-state index contributed by atoms with van der Waals surface area (Å²) in [4.78, 5) is 43.8. The van der Waals surface area contributed by atoms with Crippen LogP contribution in [-0.2, 0) is 4.57 Å². The van der Waals surface area contributed by atoms with E-state index in [-0.39, 0.29) is 0 Å². The molecule has 0 fully saturated rings. The Kier molecular flexibility index (Phi) is 14.1. The van der Waals surface area contributed by atoms with Crippen LogP contribution in [0.1, 0.15) is 0 Å². The third-order valence-electron chi connectivity index (χ3n) is 15.4. The first kappa shape index (κ1) is 53.0. The van der Waals surface area contributed by atoms with E-state index >= 15 is 0 Å². The van der Waals surface area contributed by atoms with Crippen molar-refractivity contribution in [2.45, 2.75) is 0 Å². The number of pyridine rings is 1. The van der Waals surface area contributed by atoms with E-state index in [9.17, 15) is 4.57 Å². The monoisotopic (exact) mass is 1130 g/mol. The Balaban J connectivity index is 0.741. The highest BCUT2D eigenvalue weighted by Crippen LogP contribution is 2.39. The molecular formula is C75H52N9OP. The van der Waals surface area contributed by atoms with Crippen molar-refractivity contribution in [3.8, 4) is 135 Å². The van der Waals surface area contributed by atoms with Gasteiger partial charge in [-0.05, 0) is 147 Å². The smallest absolute Gasteiger partial charge is 0.159 e. The van der Waals surface area contributed by atoms with Crippen LogP contribution in [-0.4, -0.2) is 58.2 Å². The molecule has 10 nitrogen and oxygen atoms in total. The minimum Gasteiger partial charge on any atom is -0.319 e. The summed E-state index contributed by atoms with van der Waals surface area (Å²) in [6, 6.07) is 76.4. The maximum absolute atomic E-state index is 13.2. The van der Waals surface area contributed by atoms with E-state index in [0.717, 1.165) is 127 Å². The van der Waals surface area contributed by atoms with Crippen molar-refractivity contribution < 1.29 is 4.57 Å². The van der Waals surface area contributed by atoms with Gasteiger partial charge in [-0.25, -0.2) is 39.9 Å². The Hall–Kier alpha value is -11.1. The molecule has 0 atom stereocenters. The zero-order chi connectivity index (χ0) is 58.0. The minimum absolute atomic E-state index is 0.555. The third-order valence-corrected chi connectivity index (χ3v) is 16.9. The van der Waals surface area contributed by atoms with E-state index in [1.54, 1.807) is 13.3 Å². The Morgan fingerprint density at radius 3 is 1.00 bits per heavy atom. The molecule has 0 spiro atoms. The van der Waals surface area contributed by atoms with Gasteiger partial charge in [-0.15, -0.1) is 0 Å². The fraction of sp³-hybridized carbons (Fsp3) is 0.0267. The van der Waals surface area contributed by atoms with Crippen LogP contribution in [0.15, 0.2) is 280 Å². The fourth-order valence-corrected chi connectivity index (χ4v) is 11.7. The van der Waals surface area contributed by atoms with Crippen LogP contribution < -0.4 is 5.30 Å². The van der Waals surface area contributed by atoms with E-state index in [1.165, 1.54) is 0 Å². The molecule has 9 aromatic carbocycles. The molecule has 0 aliphatic carbocycles. The summed E-state index contributed by atoms with van der Waals surface area (Å²) >= 11 is 0. The van der Waals surface area contributed by atoms with E-state index < -0.39 is 7.14 Å². The second-order valence-corrected chi connectivity index (χ2v) is 24.7. The topological polar surface area (TPSA) is 133 Å². The lowest BCUT2D eigenvalue weighted by Crippen LogP contribution is -2.02. The highest BCUT2D eigenvalue weighted by molar-refractivity contribution is 7.70. The maximum atomic E-state index is 13.2. The molecule has 0 N–H and O–H groups in total. The van der Waals surface area contributed by atoms with Gasteiger partial charge in [-0.1, -0.05) is 158 Å². The summed E-state index contributed by atoms with van der Waals surface area (Å²) in [6.07, 6.45) is 16.8. The molecule has 0 saturated heterocycles. The number of aromatic nitrogens is 9.